The summed E-state index contributed by atoms with van der Waals surface area (Å²) in [6, 6.07) is 0. The van der Waals surface area contributed by atoms with Gasteiger partial charge in [0.15, 0.2) is 6.10 Å². The standard InChI is InChI=1S/C16H28O5/c1-2-3-4-5-6-7-8-9-10-11-15(17)19-12-14-13-20-16(18)21-14/h14H,2-13H2,1H3/t14-/m0/s1. The number of hydrogen-bond donors (Lipinski definition) is 0. The average molecular weight is 300 g/mol. The first-order chi connectivity index (χ1) is 10.2. The Bertz CT molecular complexity index is 303. The van der Waals surface area contributed by atoms with Crippen LogP contribution in [0.3, 0.4) is 0 Å². The zero-order valence-corrected chi connectivity index (χ0v) is 13.1. The summed E-state index contributed by atoms with van der Waals surface area (Å²) >= 11 is 0. The van der Waals surface area contributed by atoms with E-state index in [9.17, 15) is 9.59 Å². The molecule has 0 aromatic rings. The molecule has 21 heavy (non-hydrogen) atoms. The predicted molar refractivity (Wildman–Crippen MR) is 79.0 cm³/mol. The molecule has 5 heteroatoms. The maximum atomic E-state index is 11.5. The Kier molecular flexibility index (Phi) is 9.66. The van der Waals surface area contributed by atoms with Gasteiger partial charge in [-0.25, -0.2) is 4.79 Å². The summed E-state index contributed by atoms with van der Waals surface area (Å²) in [5, 5.41) is 0. The fourth-order valence-electron chi connectivity index (χ4n) is 2.29. The van der Waals surface area contributed by atoms with Crippen LogP contribution in [0.25, 0.3) is 0 Å². The summed E-state index contributed by atoms with van der Waals surface area (Å²) in [6.07, 6.45) is 10.3. The van der Waals surface area contributed by atoms with Gasteiger partial charge in [0.05, 0.1) is 0 Å². The molecular weight excluding hydrogens is 272 g/mol. The molecule has 0 bridgehead atoms. The van der Waals surface area contributed by atoms with E-state index in [0.29, 0.717) is 6.42 Å². The maximum Gasteiger partial charge on any atom is 0.508 e. The first-order valence-electron chi connectivity index (χ1n) is 8.21. The molecule has 0 amide bonds. The van der Waals surface area contributed by atoms with Gasteiger partial charge >= 0.3 is 12.1 Å². The molecule has 0 aromatic heterocycles. The zero-order chi connectivity index (χ0) is 15.3. The van der Waals surface area contributed by atoms with Gasteiger partial charge in [-0.3, -0.25) is 4.79 Å². The Morgan fingerprint density at radius 1 is 1.10 bits per heavy atom. The molecule has 5 nitrogen and oxygen atoms in total. The van der Waals surface area contributed by atoms with Gasteiger partial charge in [0.25, 0.3) is 0 Å². The van der Waals surface area contributed by atoms with Crippen molar-refractivity contribution in [2.75, 3.05) is 13.2 Å². The summed E-state index contributed by atoms with van der Waals surface area (Å²) in [7, 11) is 0. The number of unbranched alkanes of at least 4 members (excludes halogenated alkanes) is 8. The van der Waals surface area contributed by atoms with Crippen molar-refractivity contribution in [1.82, 2.24) is 0 Å². The van der Waals surface area contributed by atoms with E-state index in [0.717, 1.165) is 12.8 Å². The van der Waals surface area contributed by atoms with E-state index in [1.165, 1.54) is 44.9 Å². The van der Waals surface area contributed by atoms with Crippen molar-refractivity contribution in [3.05, 3.63) is 0 Å². The van der Waals surface area contributed by atoms with Gasteiger partial charge in [-0.05, 0) is 6.42 Å². The van der Waals surface area contributed by atoms with Crippen LogP contribution in [0.2, 0.25) is 0 Å². The number of carbonyl (C=O) groups is 2. The monoisotopic (exact) mass is 300 g/mol. The topological polar surface area (TPSA) is 61.8 Å². The van der Waals surface area contributed by atoms with E-state index < -0.39 is 12.3 Å². The van der Waals surface area contributed by atoms with Crippen molar-refractivity contribution in [3.8, 4) is 0 Å². The lowest BCUT2D eigenvalue weighted by molar-refractivity contribution is -0.146. The lowest BCUT2D eigenvalue weighted by Crippen LogP contribution is -2.20. The molecule has 1 saturated heterocycles. The molecule has 0 N–H and O–H groups in total. The Morgan fingerprint density at radius 2 is 1.71 bits per heavy atom. The van der Waals surface area contributed by atoms with Crippen molar-refractivity contribution in [1.29, 1.82) is 0 Å². The lowest BCUT2D eigenvalue weighted by atomic mass is 10.1. The van der Waals surface area contributed by atoms with Crippen LogP contribution in [0.15, 0.2) is 0 Å². The molecule has 0 unspecified atom stereocenters. The molecule has 0 radical (unpaired) electrons. The van der Waals surface area contributed by atoms with Crippen LogP contribution >= 0.6 is 0 Å². The van der Waals surface area contributed by atoms with Crippen LogP contribution in [-0.4, -0.2) is 31.4 Å². The zero-order valence-electron chi connectivity index (χ0n) is 13.1. The van der Waals surface area contributed by atoms with Crippen molar-refractivity contribution in [2.45, 2.75) is 77.2 Å². The van der Waals surface area contributed by atoms with Gasteiger partial charge in [-0.1, -0.05) is 58.3 Å². The van der Waals surface area contributed by atoms with Crippen LogP contribution < -0.4 is 0 Å². The Hall–Kier alpha value is -1.26. The van der Waals surface area contributed by atoms with Crippen molar-refractivity contribution in [3.63, 3.8) is 0 Å². The minimum atomic E-state index is -0.685. The van der Waals surface area contributed by atoms with Crippen LogP contribution in [0.1, 0.15) is 71.1 Å². The summed E-state index contributed by atoms with van der Waals surface area (Å²) < 4.78 is 14.4. The molecule has 0 spiro atoms. The Morgan fingerprint density at radius 3 is 2.29 bits per heavy atom. The van der Waals surface area contributed by atoms with Gasteiger partial charge < -0.3 is 14.2 Å². The molecule has 1 aliphatic rings. The summed E-state index contributed by atoms with van der Waals surface area (Å²) in [4.78, 5) is 22.2. The SMILES string of the molecule is CCCCCCCCCCCC(=O)OC[C@H]1COC(=O)O1. The third kappa shape index (κ3) is 9.32. The van der Waals surface area contributed by atoms with Gasteiger partial charge in [0, 0.05) is 6.42 Å². The van der Waals surface area contributed by atoms with E-state index in [-0.39, 0.29) is 19.2 Å². The summed E-state index contributed by atoms with van der Waals surface area (Å²) in [6.45, 7) is 2.49. The lowest BCUT2D eigenvalue weighted by Gasteiger charge is -2.07. The summed E-state index contributed by atoms with van der Waals surface area (Å²) in [5.74, 6) is -0.221. The van der Waals surface area contributed by atoms with Crippen LogP contribution in [-0.2, 0) is 19.0 Å². The molecule has 1 heterocycles. The van der Waals surface area contributed by atoms with Crippen LogP contribution in [0.5, 0.6) is 0 Å². The molecule has 1 rings (SSSR count). The highest BCUT2D eigenvalue weighted by molar-refractivity contribution is 5.69. The molecule has 0 aliphatic carbocycles. The molecule has 122 valence electrons. The molecule has 1 fully saturated rings. The highest BCUT2D eigenvalue weighted by Crippen LogP contribution is 2.11. The first-order valence-corrected chi connectivity index (χ1v) is 8.21. The number of hydrogen-bond acceptors (Lipinski definition) is 5. The minimum absolute atomic E-state index is 0.0992. The van der Waals surface area contributed by atoms with Gasteiger partial charge in [0.2, 0.25) is 0 Å². The normalized spacial score (nSPS) is 17.4. The third-order valence-electron chi connectivity index (χ3n) is 3.56. The Balaban J connectivity index is 1.84. The quantitative estimate of drug-likeness (QED) is 0.403. The third-order valence-corrected chi connectivity index (χ3v) is 3.56. The molecule has 0 saturated carbocycles. The Labute approximate surface area is 127 Å². The molecular formula is C16H28O5. The number of rotatable bonds is 12. The van der Waals surface area contributed by atoms with Gasteiger partial charge in [-0.15, -0.1) is 0 Å². The van der Waals surface area contributed by atoms with Crippen LogP contribution in [0, 0.1) is 0 Å². The molecule has 1 atom stereocenters. The largest absolute Gasteiger partial charge is 0.508 e. The number of esters is 1. The second-order valence-electron chi connectivity index (χ2n) is 5.56. The average Bonchev–Trinajstić information content (AvgIpc) is 2.89. The summed E-state index contributed by atoms with van der Waals surface area (Å²) in [5.41, 5.74) is 0. The fraction of sp³-hybridized carbons (Fsp3) is 0.875. The highest BCUT2D eigenvalue weighted by atomic mass is 16.8. The predicted octanol–water partition coefficient (Wildman–Crippen LogP) is 3.99. The van der Waals surface area contributed by atoms with E-state index >= 15 is 0 Å². The number of cyclic esters (lactones) is 2. The van der Waals surface area contributed by atoms with Gasteiger partial charge in [-0.2, -0.15) is 0 Å². The highest BCUT2D eigenvalue weighted by Gasteiger charge is 2.26. The van der Waals surface area contributed by atoms with Crippen LogP contribution in [0.4, 0.5) is 4.79 Å². The van der Waals surface area contributed by atoms with E-state index in [4.69, 9.17) is 9.47 Å². The number of carbonyl (C=O) groups excluding carboxylic acids is 2. The fourth-order valence-corrected chi connectivity index (χ4v) is 2.29. The van der Waals surface area contributed by atoms with Gasteiger partial charge in [0.1, 0.15) is 13.2 Å². The van der Waals surface area contributed by atoms with E-state index in [1.54, 1.807) is 0 Å². The molecule has 0 aromatic carbocycles. The molecule has 1 aliphatic heterocycles. The first kappa shape index (κ1) is 17.8. The second kappa shape index (κ2) is 11.4. The maximum absolute atomic E-state index is 11.5. The smallest absolute Gasteiger partial charge is 0.462 e. The number of ether oxygens (including phenoxy) is 3. The minimum Gasteiger partial charge on any atom is -0.462 e. The van der Waals surface area contributed by atoms with E-state index in [2.05, 4.69) is 11.7 Å². The second-order valence-corrected chi connectivity index (χ2v) is 5.56. The van der Waals surface area contributed by atoms with Crippen molar-refractivity contribution in [2.24, 2.45) is 0 Å². The van der Waals surface area contributed by atoms with Crippen molar-refractivity contribution < 1.29 is 23.8 Å². The van der Waals surface area contributed by atoms with Crippen molar-refractivity contribution >= 4 is 12.1 Å². The van der Waals surface area contributed by atoms with E-state index in [1.807, 2.05) is 0 Å².